The fourth-order valence-electron chi connectivity index (χ4n) is 3.57. The largest absolute Gasteiger partial charge is 0.378 e. The summed E-state index contributed by atoms with van der Waals surface area (Å²) in [6, 6.07) is 17.8. The van der Waals surface area contributed by atoms with Crippen LogP contribution in [0, 0.1) is 6.92 Å². The van der Waals surface area contributed by atoms with Crippen molar-refractivity contribution in [3.8, 4) is 0 Å². The maximum Gasteiger partial charge on any atom is 0.274 e. The van der Waals surface area contributed by atoms with E-state index in [1.165, 1.54) is 5.56 Å². The van der Waals surface area contributed by atoms with Crippen LogP contribution >= 0.6 is 0 Å². The lowest BCUT2D eigenvalue weighted by Crippen LogP contribution is -2.27. The zero-order valence-corrected chi connectivity index (χ0v) is 17.0. The molecule has 4 rings (SSSR count). The number of nitrogens with zero attached hydrogens (tertiary/aromatic N) is 4. The normalized spacial score (nSPS) is 13.0. The van der Waals surface area contributed by atoms with Gasteiger partial charge >= 0.3 is 0 Å². The second kappa shape index (κ2) is 7.91. The third-order valence-electron chi connectivity index (χ3n) is 5.07. The van der Waals surface area contributed by atoms with Gasteiger partial charge in [-0.15, -0.1) is 0 Å². The fourth-order valence-corrected chi connectivity index (χ4v) is 3.57. The summed E-state index contributed by atoms with van der Waals surface area (Å²) in [5.41, 5.74) is 5.36. The molecule has 1 aromatic heterocycles. The maximum atomic E-state index is 12.8. The van der Waals surface area contributed by atoms with Crippen molar-refractivity contribution in [1.82, 2.24) is 9.97 Å². The number of nitrogens with one attached hydrogen (secondary N) is 1. The molecule has 1 N–H and O–H groups in total. The van der Waals surface area contributed by atoms with Gasteiger partial charge < -0.3 is 15.1 Å². The predicted octanol–water partition coefficient (Wildman–Crippen LogP) is 4.19. The topological polar surface area (TPSA) is 61.4 Å². The Bertz CT molecular complexity index is 1030. The molecule has 1 aliphatic heterocycles. The molecule has 0 bridgehead atoms. The molecule has 0 aliphatic carbocycles. The van der Waals surface area contributed by atoms with E-state index in [2.05, 4.69) is 38.4 Å². The van der Waals surface area contributed by atoms with E-state index >= 15 is 0 Å². The number of aromatic nitrogens is 2. The second-order valence-corrected chi connectivity index (χ2v) is 7.47. The van der Waals surface area contributed by atoms with Gasteiger partial charge in [-0.2, -0.15) is 0 Å². The Morgan fingerprint density at radius 2 is 1.83 bits per heavy atom. The second-order valence-electron chi connectivity index (χ2n) is 7.47. The Morgan fingerprint density at radius 3 is 2.59 bits per heavy atom. The summed E-state index contributed by atoms with van der Waals surface area (Å²) < 4.78 is 0. The summed E-state index contributed by atoms with van der Waals surface area (Å²) in [4.78, 5) is 26.2. The number of anilines is 4. The molecule has 0 saturated carbocycles. The first kappa shape index (κ1) is 18.9. The number of hydrogen-bond acceptors (Lipinski definition) is 5. The number of para-hydroxylation sites is 1. The Labute approximate surface area is 171 Å². The zero-order chi connectivity index (χ0) is 20.4. The molecule has 1 amide bonds. The minimum Gasteiger partial charge on any atom is -0.378 e. The number of amides is 1. The van der Waals surface area contributed by atoms with Gasteiger partial charge in [0.25, 0.3) is 5.91 Å². The molecule has 0 unspecified atom stereocenters. The van der Waals surface area contributed by atoms with Crippen LogP contribution in [0.25, 0.3) is 0 Å². The first-order chi connectivity index (χ1) is 14.0. The molecular weight excluding hydrogens is 362 g/mol. The van der Waals surface area contributed by atoms with Crippen molar-refractivity contribution >= 4 is 28.9 Å². The zero-order valence-electron chi connectivity index (χ0n) is 17.0. The summed E-state index contributed by atoms with van der Waals surface area (Å²) in [7, 11) is 3.97. The Hall–Kier alpha value is -3.41. The van der Waals surface area contributed by atoms with Crippen LogP contribution in [0.4, 0.5) is 23.0 Å². The Balaban J connectivity index is 1.59. The van der Waals surface area contributed by atoms with Crippen molar-refractivity contribution in [1.29, 1.82) is 0 Å². The molecule has 2 aromatic carbocycles. The lowest BCUT2D eigenvalue weighted by Gasteiger charge is -2.29. The van der Waals surface area contributed by atoms with E-state index in [4.69, 9.17) is 0 Å². The van der Waals surface area contributed by atoms with E-state index in [0.717, 1.165) is 42.1 Å². The minimum atomic E-state index is -0.236. The molecule has 0 saturated heterocycles. The first-order valence-corrected chi connectivity index (χ1v) is 9.81. The van der Waals surface area contributed by atoms with E-state index in [1.54, 1.807) is 6.07 Å². The molecule has 6 nitrogen and oxygen atoms in total. The summed E-state index contributed by atoms with van der Waals surface area (Å²) >= 11 is 0. The molecule has 148 valence electrons. The van der Waals surface area contributed by atoms with Crippen molar-refractivity contribution in [2.24, 2.45) is 0 Å². The van der Waals surface area contributed by atoms with E-state index < -0.39 is 0 Å². The van der Waals surface area contributed by atoms with Crippen LogP contribution in [0.15, 0.2) is 54.6 Å². The SMILES string of the molecule is Cc1cc(C(=O)Nc2ccc(N(C)C)cc2)nc(N2CCCc3ccccc32)n1. The number of benzene rings is 2. The molecule has 29 heavy (non-hydrogen) atoms. The van der Waals surface area contributed by atoms with Crippen molar-refractivity contribution < 1.29 is 4.79 Å². The third kappa shape index (κ3) is 4.06. The van der Waals surface area contributed by atoms with Gasteiger partial charge in [-0.1, -0.05) is 18.2 Å². The first-order valence-electron chi connectivity index (χ1n) is 9.81. The highest BCUT2D eigenvalue weighted by molar-refractivity contribution is 6.03. The lowest BCUT2D eigenvalue weighted by atomic mass is 10.0. The number of carbonyl (C=O) groups is 1. The van der Waals surface area contributed by atoms with Crippen LogP contribution in [-0.2, 0) is 6.42 Å². The van der Waals surface area contributed by atoms with Gasteiger partial charge in [-0.25, -0.2) is 9.97 Å². The number of hydrogen-bond donors (Lipinski definition) is 1. The summed E-state index contributed by atoms with van der Waals surface area (Å²) in [5, 5.41) is 2.93. The molecule has 3 aromatic rings. The highest BCUT2D eigenvalue weighted by Gasteiger charge is 2.21. The number of fused-ring (bicyclic) bond motifs is 1. The Kier molecular flexibility index (Phi) is 5.16. The number of aryl methyl sites for hydroxylation is 2. The summed E-state index contributed by atoms with van der Waals surface area (Å²) in [6.45, 7) is 2.73. The summed E-state index contributed by atoms with van der Waals surface area (Å²) in [5.74, 6) is 0.338. The molecule has 2 heterocycles. The van der Waals surface area contributed by atoms with Gasteiger partial charge in [-0.05, 0) is 61.7 Å². The maximum absolute atomic E-state index is 12.8. The van der Waals surface area contributed by atoms with Crippen LogP contribution in [0.3, 0.4) is 0 Å². The monoisotopic (exact) mass is 387 g/mol. The van der Waals surface area contributed by atoms with Gasteiger partial charge in [-0.3, -0.25) is 4.79 Å². The molecule has 0 radical (unpaired) electrons. The van der Waals surface area contributed by atoms with Crippen molar-refractivity contribution in [2.45, 2.75) is 19.8 Å². The van der Waals surface area contributed by atoms with Crippen LogP contribution in [0.1, 0.15) is 28.2 Å². The van der Waals surface area contributed by atoms with E-state index in [9.17, 15) is 4.79 Å². The highest BCUT2D eigenvalue weighted by atomic mass is 16.1. The van der Waals surface area contributed by atoms with Gasteiger partial charge in [0.15, 0.2) is 0 Å². The van der Waals surface area contributed by atoms with Crippen molar-refractivity contribution in [3.05, 3.63) is 71.5 Å². The molecule has 0 atom stereocenters. The average molecular weight is 387 g/mol. The fraction of sp³-hybridized carbons (Fsp3) is 0.261. The molecule has 1 aliphatic rings. The van der Waals surface area contributed by atoms with Gasteiger partial charge in [0.05, 0.1) is 0 Å². The predicted molar refractivity (Wildman–Crippen MR) is 117 cm³/mol. The van der Waals surface area contributed by atoms with Crippen LogP contribution in [-0.4, -0.2) is 36.5 Å². The smallest absolute Gasteiger partial charge is 0.274 e. The van der Waals surface area contributed by atoms with E-state index in [-0.39, 0.29) is 5.91 Å². The van der Waals surface area contributed by atoms with Crippen molar-refractivity contribution in [2.75, 3.05) is 35.8 Å². The molecule has 6 heteroatoms. The average Bonchev–Trinajstić information content (AvgIpc) is 2.73. The van der Waals surface area contributed by atoms with Crippen LogP contribution < -0.4 is 15.1 Å². The van der Waals surface area contributed by atoms with E-state index in [1.807, 2.05) is 56.3 Å². The third-order valence-corrected chi connectivity index (χ3v) is 5.07. The molecular formula is C23H25N5O. The minimum absolute atomic E-state index is 0.236. The quantitative estimate of drug-likeness (QED) is 0.727. The number of rotatable bonds is 4. The number of carbonyl (C=O) groups excluding carboxylic acids is 1. The summed E-state index contributed by atoms with van der Waals surface area (Å²) in [6.07, 6.45) is 2.09. The van der Waals surface area contributed by atoms with Gasteiger partial charge in [0.2, 0.25) is 5.95 Å². The lowest BCUT2D eigenvalue weighted by molar-refractivity contribution is 0.102. The standard InChI is InChI=1S/C23H25N5O/c1-16-15-20(22(29)25-18-10-12-19(13-11-18)27(2)3)26-23(24-16)28-14-6-8-17-7-4-5-9-21(17)28/h4-5,7,9-13,15H,6,8,14H2,1-3H3,(H,25,29). The van der Waals surface area contributed by atoms with Gasteiger partial charge in [0.1, 0.15) is 5.69 Å². The van der Waals surface area contributed by atoms with E-state index in [0.29, 0.717) is 11.6 Å². The van der Waals surface area contributed by atoms with Crippen molar-refractivity contribution in [3.63, 3.8) is 0 Å². The molecule has 0 spiro atoms. The van der Waals surface area contributed by atoms with Gasteiger partial charge in [0, 0.05) is 43.4 Å². The Morgan fingerprint density at radius 1 is 1.07 bits per heavy atom. The van der Waals surface area contributed by atoms with Crippen LogP contribution in [0.2, 0.25) is 0 Å². The highest BCUT2D eigenvalue weighted by Crippen LogP contribution is 2.31. The molecule has 0 fully saturated rings. The van der Waals surface area contributed by atoms with Crippen LogP contribution in [0.5, 0.6) is 0 Å².